The van der Waals surface area contributed by atoms with Crippen molar-refractivity contribution >= 4 is 32.8 Å². The molecule has 0 saturated heterocycles. The Bertz CT molecular complexity index is 1060. The average Bonchev–Trinajstić information content (AvgIpc) is 3.16. The Balaban J connectivity index is 1.34. The number of carbonyl (C=O) groups is 1. The van der Waals surface area contributed by atoms with E-state index in [9.17, 15) is 4.79 Å². The topological polar surface area (TPSA) is 51.3 Å². The summed E-state index contributed by atoms with van der Waals surface area (Å²) in [5.74, 6) is 0.793. The number of hydrogen-bond donors (Lipinski definition) is 1. The summed E-state index contributed by atoms with van der Waals surface area (Å²) in [4.78, 5) is 15.7. The summed E-state index contributed by atoms with van der Waals surface area (Å²) >= 11 is 3.58. The van der Waals surface area contributed by atoms with Gasteiger partial charge in [0.15, 0.2) is 0 Å². The van der Waals surface area contributed by atoms with Crippen molar-refractivity contribution in [3.05, 3.63) is 63.3 Å². The van der Waals surface area contributed by atoms with Crippen LogP contribution in [0.3, 0.4) is 0 Å². The first-order valence-electron chi connectivity index (χ1n) is 11.4. The van der Waals surface area contributed by atoms with Crippen LogP contribution in [0.1, 0.15) is 66.2 Å². The molecule has 0 unspecified atom stereocenters. The van der Waals surface area contributed by atoms with Crippen LogP contribution < -0.4 is 4.74 Å². The lowest BCUT2D eigenvalue weighted by atomic mass is 9.91. The number of rotatable bonds is 9. The van der Waals surface area contributed by atoms with Crippen molar-refractivity contribution < 1.29 is 14.3 Å². The molecular weight excluding hydrogens is 454 g/mol. The minimum Gasteiger partial charge on any atom is -0.493 e. The van der Waals surface area contributed by atoms with Gasteiger partial charge in [-0.25, -0.2) is 4.79 Å². The van der Waals surface area contributed by atoms with E-state index >= 15 is 0 Å². The second-order valence-corrected chi connectivity index (χ2v) is 8.98. The molecule has 2 aromatic carbocycles. The Morgan fingerprint density at radius 3 is 2.77 bits per heavy atom. The van der Waals surface area contributed by atoms with Gasteiger partial charge in [-0.3, -0.25) is 0 Å². The molecule has 1 N–H and O–H groups in total. The molecule has 1 aliphatic rings. The number of halogens is 1. The van der Waals surface area contributed by atoms with Crippen molar-refractivity contribution in [3.63, 3.8) is 0 Å². The number of aromatic nitrogens is 1. The smallest absolute Gasteiger partial charge is 0.355 e. The third-order valence-electron chi connectivity index (χ3n) is 6.05. The summed E-state index contributed by atoms with van der Waals surface area (Å²) in [6.07, 6.45) is 8.76. The molecule has 0 amide bonds. The van der Waals surface area contributed by atoms with Gasteiger partial charge in [0.1, 0.15) is 11.4 Å². The van der Waals surface area contributed by atoms with Gasteiger partial charge in [-0.05, 0) is 103 Å². The zero-order valence-corrected chi connectivity index (χ0v) is 19.7. The lowest BCUT2D eigenvalue weighted by Crippen LogP contribution is -2.08. The highest BCUT2D eigenvalue weighted by molar-refractivity contribution is 9.10. The molecule has 1 aromatic heterocycles. The zero-order valence-electron chi connectivity index (χ0n) is 18.1. The normalized spacial score (nSPS) is 13.2. The van der Waals surface area contributed by atoms with E-state index in [4.69, 9.17) is 9.47 Å². The molecule has 4 rings (SSSR count). The van der Waals surface area contributed by atoms with E-state index in [0.717, 1.165) is 65.4 Å². The number of esters is 1. The van der Waals surface area contributed by atoms with Crippen LogP contribution in [0.15, 0.2) is 40.9 Å². The average molecular weight is 484 g/mol. The van der Waals surface area contributed by atoms with Crippen LogP contribution in [0.5, 0.6) is 5.75 Å². The van der Waals surface area contributed by atoms with Gasteiger partial charge < -0.3 is 14.5 Å². The first kappa shape index (κ1) is 21.9. The Morgan fingerprint density at radius 2 is 1.90 bits per heavy atom. The summed E-state index contributed by atoms with van der Waals surface area (Å²) < 4.78 is 12.4. The number of para-hydroxylation sites is 1. The lowest BCUT2D eigenvalue weighted by Gasteiger charge is -2.19. The van der Waals surface area contributed by atoms with Gasteiger partial charge in [-0.15, -0.1) is 0 Å². The highest BCUT2D eigenvalue weighted by Crippen LogP contribution is 2.31. The van der Waals surface area contributed by atoms with Gasteiger partial charge in [-0.1, -0.05) is 24.3 Å². The molecule has 4 nitrogen and oxygen atoms in total. The summed E-state index contributed by atoms with van der Waals surface area (Å²) in [5, 5.41) is 1.09. The first-order valence-corrected chi connectivity index (χ1v) is 12.2. The Labute approximate surface area is 192 Å². The monoisotopic (exact) mass is 483 g/mol. The highest BCUT2D eigenvalue weighted by atomic mass is 79.9. The molecule has 0 aliphatic heterocycles. The number of fused-ring (bicyclic) bond motifs is 2. The predicted molar refractivity (Wildman–Crippen MR) is 128 cm³/mol. The maximum Gasteiger partial charge on any atom is 0.355 e. The van der Waals surface area contributed by atoms with E-state index in [-0.39, 0.29) is 5.97 Å². The summed E-state index contributed by atoms with van der Waals surface area (Å²) in [6, 6.07) is 12.5. The van der Waals surface area contributed by atoms with E-state index < -0.39 is 0 Å². The van der Waals surface area contributed by atoms with Gasteiger partial charge in [0.05, 0.1) is 18.7 Å². The summed E-state index contributed by atoms with van der Waals surface area (Å²) in [6.45, 7) is 2.94. The molecule has 1 aliphatic carbocycles. The minimum atomic E-state index is -0.280. The molecule has 0 atom stereocenters. The quantitative estimate of drug-likeness (QED) is 0.269. The minimum absolute atomic E-state index is 0.280. The van der Waals surface area contributed by atoms with E-state index in [1.807, 2.05) is 19.1 Å². The van der Waals surface area contributed by atoms with Gasteiger partial charge >= 0.3 is 5.97 Å². The maximum atomic E-state index is 12.5. The number of benzene rings is 2. The first-order chi connectivity index (χ1) is 15.2. The fourth-order valence-corrected chi connectivity index (χ4v) is 4.98. The number of hydrogen-bond acceptors (Lipinski definition) is 3. The number of aryl methyl sites for hydroxylation is 2. The third kappa shape index (κ3) is 4.98. The molecule has 0 saturated carbocycles. The molecule has 164 valence electrons. The predicted octanol–water partition coefficient (Wildman–Crippen LogP) is 6.78. The van der Waals surface area contributed by atoms with Crippen molar-refractivity contribution in [1.82, 2.24) is 4.98 Å². The Hall–Kier alpha value is -2.27. The van der Waals surface area contributed by atoms with Crippen molar-refractivity contribution in [3.8, 4) is 5.75 Å². The van der Waals surface area contributed by atoms with Gasteiger partial charge in [0.2, 0.25) is 0 Å². The SMILES string of the molecule is CCOC(=O)c1[nH]c2c(Br)cccc2c1CCCCCOc1cccc2c1CCCC2. The van der Waals surface area contributed by atoms with Crippen molar-refractivity contribution in [2.45, 2.75) is 58.3 Å². The Morgan fingerprint density at radius 1 is 1.06 bits per heavy atom. The lowest BCUT2D eigenvalue weighted by molar-refractivity contribution is 0.0519. The largest absolute Gasteiger partial charge is 0.493 e. The fraction of sp³-hybridized carbons (Fsp3) is 0.423. The number of carbonyl (C=O) groups excluding carboxylic acids is 1. The van der Waals surface area contributed by atoms with Gasteiger partial charge in [0, 0.05) is 9.86 Å². The van der Waals surface area contributed by atoms with Crippen LogP contribution in [0, 0.1) is 0 Å². The third-order valence-corrected chi connectivity index (χ3v) is 6.71. The molecule has 31 heavy (non-hydrogen) atoms. The van der Waals surface area contributed by atoms with E-state index in [0.29, 0.717) is 12.3 Å². The number of H-pyrrole nitrogens is 1. The molecule has 0 bridgehead atoms. The molecule has 5 heteroatoms. The second-order valence-electron chi connectivity index (χ2n) is 8.12. The molecular formula is C26H30BrNO3. The Kier molecular flexibility index (Phi) is 7.33. The number of ether oxygens (including phenoxy) is 2. The van der Waals surface area contributed by atoms with Crippen LogP contribution in [-0.2, 0) is 24.0 Å². The molecule has 1 heterocycles. The van der Waals surface area contributed by atoms with Crippen LogP contribution in [0.4, 0.5) is 0 Å². The number of aromatic amines is 1. The maximum absolute atomic E-state index is 12.5. The van der Waals surface area contributed by atoms with Crippen LogP contribution in [-0.4, -0.2) is 24.2 Å². The molecule has 0 spiro atoms. The fourth-order valence-electron chi connectivity index (χ4n) is 4.52. The van der Waals surface area contributed by atoms with E-state index in [1.54, 1.807) is 0 Å². The molecule has 3 aromatic rings. The van der Waals surface area contributed by atoms with Gasteiger partial charge in [0.25, 0.3) is 0 Å². The highest BCUT2D eigenvalue weighted by Gasteiger charge is 2.19. The second kappa shape index (κ2) is 10.4. The molecule has 0 radical (unpaired) electrons. The van der Waals surface area contributed by atoms with Gasteiger partial charge in [-0.2, -0.15) is 0 Å². The van der Waals surface area contributed by atoms with Crippen LogP contribution in [0.2, 0.25) is 0 Å². The number of unbranched alkanes of at least 4 members (excludes halogenated alkanes) is 2. The van der Waals surface area contributed by atoms with E-state index in [1.165, 1.54) is 30.4 Å². The molecule has 0 fully saturated rings. The summed E-state index contributed by atoms with van der Waals surface area (Å²) in [7, 11) is 0. The zero-order chi connectivity index (χ0) is 21.6. The van der Waals surface area contributed by atoms with Crippen molar-refractivity contribution in [2.24, 2.45) is 0 Å². The summed E-state index contributed by atoms with van der Waals surface area (Å²) in [5.41, 5.74) is 5.46. The van der Waals surface area contributed by atoms with E-state index in [2.05, 4.69) is 45.2 Å². The van der Waals surface area contributed by atoms with Crippen LogP contribution in [0.25, 0.3) is 10.9 Å². The van der Waals surface area contributed by atoms with Crippen molar-refractivity contribution in [1.29, 1.82) is 0 Å². The van der Waals surface area contributed by atoms with Crippen LogP contribution >= 0.6 is 15.9 Å². The number of nitrogens with one attached hydrogen (secondary N) is 1. The van der Waals surface area contributed by atoms with Crippen molar-refractivity contribution in [2.75, 3.05) is 13.2 Å². The standard InChI is InChI=1S/C26H30BrNO3/c1-2-30-26(29)25-21(20-14-9-15-22(27)24(20)28-25)13-4-3-7-17-31-23-16-8-11-18-10-5-6-12-19(18)23/h8-9,11,14-16,28H,2-7,10,12-13,17H2,1H3.